The number of carbonyl (C=O) groups excluding carboxylic acids is 1. The molecule has 0 fully saturated rings. The van der Waals surface area contributed by atoms with Gasteiger partial charge in [0.2, 0.25) is 0 Å². The van der Waals surface area contributed by atoms with Gasteiger partial charge < -0.3 is 14.6 Å². The van der Waals surface area contributed by atoms with Crippen LogP contribution in [0, 0.1) is 0 Å². The number of hydrazone groups is 1. The lowest BCUT2D eigenvalue weighted by atomic mass is 10.1. The van der Waals surface area contributed by atoms with Crippen molar-refractivity contribution in [2.75, 3.05) is 0 Å². The molecule has 0 spiro atoms. The van der Waals surface area contributed by atoms with E-state index in [2.05, 4.69) is 9.93 Å². The van der Waals surface area contributed by atoms with Crippen molar-refractivity contribution in [3.05, 3.63) is 72.3 Å². The third kappa shape index (κ3) is 4.66. The maximum atomic E-state index is 12.4. The fourth-order valence-corrected chi connectivity index (χ4v) is 3.27. The Hall–Kier alpha value is -3.39. The topological polar surface area (TPSA) is 108 Å². The van der Waals surface area contributed by atoms with Gasteiger partial charge in [0.05, 0.1) is 17.1 Å². The van der Waals surface area contributed by atoms with Crippen molar-refractivity contribution in [2.45, 2.75) is 17.9 Å². The monoisotopic (exact) mass is 397 g/mol. The Morgan fingerprint density at radius 1 is 1.07 bits per heavy atom. The highest BCUT2D eigenvalue weighted by atomic mass is 32.2. The molecule has 8 heteroatoms. The van der Waals surface area contributed by atoms with Gasteiger partial charge in [0.25, 0.3) is 10.0 Å². The smallest absolute Gasteiger partial charge is 0.276 e. The van der Waals surface area contributed by atoms with Gasteiger partial charge in [-0.1, -0.05) is 30.3 Å². The van der Waals surface area contributed by atoms with E-state index in [-0.39, 0.29) is 4.90 Å². The molecule has 1 N–H and O–H groups in total. The molecule has 0 bridgehead atoms. The van der Waals surface area contributed by atoms with Crippen molar-refractivity contribution in [3.8, 4) is 5.75 Å². The Kier molecular flexibility index (Phi) is 5.60. The van der Waals surface area contributed by atoms with E-state index in [0.29, 0.717) is 11.3 Å². The van der Waals surface area contributed by atoms with Crippen LogP contribution in [0.3, 0.4) is 0 Å². The van der Waals surface area contributed by atoms with Crippen molar-refractivity contribution in [1.82, 2.24) is 4.83 Å². The maximum absolute atomic E-state index is 12.4. The summed E-state index contributed by atoms with van der Waals surface area (Å²) in [7, 11) is -3.80. The van der Waals surface area contributed by atoms with Gasteiger partial charge in [-0.3, -0.25) is 0 Å². The molecule has 0 unspecified atom stereocenters. The fraction of sp³-hybridized carbons (Fsp3) is 0.100. The second kappa shape index (κ2) is 8.10. The largest absolute Gasteiger partial charge is 0.546 e. The maximum Gasteiger partial charge on any atom is 0.276 e. The molecule has 0 amide bonds. The van der Waals surface area contributed by atoms with Gasteiger partial charge in [0.15, 0.2) is 0 Å². The number of nitrogens with zero attached hydrogens (tertiary/aromatic N) is 1. The van der Waals surface area contributed by atoms with Gasteiger partial charge in [-0.05, 0) is 59.7 Å². The number of fused-ring (bicyclic) bond motifs is 1. The number of sulfonamides is 1. The highest BCUT2D eigenvalue weighted by molar-refractivity contribution is 7.89. The number of rotatable bonds is 7. The average molecular weight is 397 g/mol. The third-order valence-corrected chi connectivity index (χ3v) is 5.16. The predicted octanol–water partition coefficient (Wildman–Crippen LogP) is 1.67. The molecule has 0 radical (unpaired) electrons. The van der Waals surface area contributed by atoms with E-state index in [9.17, 15) is 18.3 Å². The summed E-state index contributed by atoms with van der Waals surface area (Å²) >= 11 is 0. The molecule has 0 aliphatic heterocycles. The molecule has 28 heavy (non-hydrogen) atoms. The van der Waals surface area contributed by atoms with Crippen LogP contribution in [0.25, 0.3) is 10.8 Å². The third-order valence-electron chi connectivity index (χ3n) is 3.94. The SMILES string of the molecule is C[C@@H](Oc1ccc(C=NNS(=O)(=O)c2ccc3ccccc3c2)cc1)C(=O)[O-]. The van der Waals surface area contributed by atoms with Gasteiger partial charge in [-0.25, -0.2) is 4.83 Å². The van der Waals surface area contributed by atoms with Crippen LogP contribution in [0.1, 0.15) is 12.5 Å². The van der Waals surface area contributed by atoms with Crippen molar-refractivity contribution >= 4 is 33.0 Å². The first-order valence-electron chi connectivity index (χ1n) is 8.36. The molecule has 0 heterocycles. The van der Waals surface area contributed by atoms with E-state index in [1.54, 1.807) is 36.4 Å². The summed E-state index contributed by atoms with van der Waals surface area (Å²) in [6, 6.07) is 18.6. The van der Waals surface area contributed by atoms with Gasteiger partial charge in [-0.2, -0.15) is 13.5 Å². The van der Waals surface area contributed by atoms with Crippen LogP contribution in [0.2, 0.25) is 0 Å². The molecule has 144 valence electrons. The molecule has 7 nitrogen and oxygen atoms in total. The number of nitrogens with one attached hydrogen (secondary N) is 1. The van der Waals surface area contributed by atoms with Crippen molar-refractivity contribution < 1.29 is 23.1 Å². The minimum Gasteiger partial charge on any atom is -0.546 e. The van der Waals surface area contributed by atoms with E-state index in [4.69, 9.17) is 4.74 Å². The molecule has 0 aliphatic carbocycles. The normalized spacial score (nSPS) is 12.8. The lowest BCUT2D eigenvalue weighted by molar-refractivity contribution is -0.312. The second-order valence-corrected chi connectivity index (χ2v) is 7.67. The average Bonchev–Trinajstić information content (AvgIpc) is 2.68. The number of carbonyl (C=O) groups is 1. The molecule has 3 rings (SSSR count). The summed E-state index contributed by atoms with van der Waals surface area (Å²) in [6.45, 7) is 1.37. The molecule has 3 aromatic rings. The second-order valence-electron chi connectivity index (χ2n) is 6.01. The molecular weight excluding hydrogens is 380 g/mol. The Morgan fingerprint density at radius 3 is 2.43 bits per heavy atom. The first kappa shape index (κ1) is 19.4. The van der Waals surface area contributed by atoms with Crippen LogP contribution in [-0.4, -0.2) is 26.7 Å². The number of carboxylic acids is 1. The first-order valence-corrected chi connectivity index (χ1v) is 9.85. The molecule has 0 aliphatic rings. The zero-order valence-corrected chi connectivity index (χ0v) is 15.7. The van der Waals surface area contributed by atoms with Crippen LogP contribution in [0.5, 0.6) is 5.75 Å². The Balaban J connectivity index is 1.68. The van der Waals surface area contributed by atoms with E-state index < -0.39 is 22.1 Å². The summed E-state index contributed by atoms with van der Waals surface area (Å²) in [5.74, 6) is -0.959. The molecule has 1 atom stereocenters. The molecule has 0 saturated carbocycles. The van der Waals surface area contributed by atoms with Crippen LogP contribution in [0.4, 0.5) is 0 Å². The minimum atomic E-state index is -3.80. The van der Waals surface area contributed by atoms with Gasteiger partial charge in [0.1, 0.15) is 11.9 Å². The Morgan fingerprint density at radius 2 is 1.75 bits per heavy atom. The van der Waals surface area contributed by atoms with Gasteiger partial charge in [0, 0.05) is 0 Å². The number of ether oxygens (including phenoxy) is 1. The minimum absolute atomic E-state index is 0.114. The lowest BCUT2D eigenvalue weighted by Crippen LogP contribution is -2.37. The van der Waals surface area contributed by atoms with E-state index in [1.165, 1.54) is 19.2 Å². The van der Waals surface area contributed by atoms with Crippen LogP contribution >= 0.6 is 0 Å². The van der Waals surface area contributed by atoms with Crippen LogP contribution in [0.15, 0.2) is 76.7 Å². The Labute approximate surface area is 162 Å². The zero-order valence-electron chi connectivity index (χ0n) is 14.9. The highest BCUT2D eigenvalue weighted by Gasteiger charge is 2.13. The number of hydrogen-bond acceptors (Lipinski definition) is 6. The number of carboxylic acid groups (broad SMARTS) is 1. The van der Waals surface area contributed by atoms with Crippen molar-refractivity contribution in [1.29, 1.82) is 0 Å². The standard InChI is InChI=1S/C20H18N2O5S/c1-14(20(23)24)27-18-9-6-15(7-10-18)13-21-22-28(25,26)19-11-8-16-4-2-3-5-17(16)12-19/h2-14,22H,1H3,(H,23,24)/p-1/t14-/m1/s1. The quantitative estimate of drug-likeness (QED) is 0.482. The van der Waals surface area contributed by atoms with E-state index in [0.717, 1.165) is 10.8 Å². The van der Waals surface area contributed by atoms with Crippen LogP contribution in [-0.2, 0) is 14.8 Å². The van der Waals surface area contributed by atoms with Crippen molar-refractivity contribution in [2.24, 2.45) is 5.10 Å². The molecular formula is C20H17N2O5S-. The number of benzene rings is 3. The summed E-state index contributed by atoms with van der Waals surface area (Å²) in [4.78, 5) is 13.0. The highest BCUT2D eigenvalue weighted by Crippen LogP contribution is 2.19. The molecule has 0 aromatic heterocycles. The van der Waals surface area contributed by atoms with Crippen LogP contribution < -0.4 is 14.7 Å². The zero-order chi connectivity index (χ0) is 20.1. The lowest BCUT2D eigenvalue weighted by Gasteiger charge is -2.15. The fourth-order valence-electron chi connectivity index (χ4n) is 2.44. The number of hydrogen-bond donors (Lipinski definition) is 1. The number of aliphatic carboxylic acids is 1. The summed E-state index contributed by atoms with van der Waals surface area (Å²) in [5.41, 5.74) is 0.606. The van der Waals surface area contributed by atoms with E-state index >= 15 is 0 Å². The summed E-state index contributed by atoms with van der Waals surface area (Å²) in [6.07, 6.45) is 0.262. The Bertz CT molecular complexity index is 1120. The molecule has 3 aromatic carbocycles. The molecule has 0 saturated heterocycles. The van der Waals surface area contributed by atoms with E-state index in [1.807, 2.05) is 24.3 Å². The predicted molar refractivity (Wildman–Crippen MR) is 103 cm³/mol. The van der Waals surface area contributed by atoms with Gasteiger partial charge >= 0.3 is 0 Å². The van der Waals surface area contributed by atoms with Gasteiger partial charge in [-0.15, -0.1) is 0 Å². The van der Waals surface area contributed by atoms with Crippen molar-refractivity contribution in [3.63, 3.8) is 0 Å². The summed E-state index contributed by atoms with van der Waals surface area (Å²) < 4.78 is 30.0. The first-order chi connectivity index (χ1) is 13.3. The summed E-state index contributed by atoms with van der Waals surface area (Å²) in [5, 5.41) is 16.2.